The van der Waals surface area contributed by atoms with Gasteiger partial charge in [-0.05, 0) is 45.2 Å². The summed E-state index contributed by atoms with van der Waals surface area (Å²) in [6.45, 7) is 3.71. The van der Waals surface area contributed by atoms with Gasteiger partial charge in [-0.2, -0.15) is 0 Å². The first-order valence-corrected chi connectivity index (χ1v) is 9.01. The second-order valence-corrected chi connectivity index (χ2v) is 7.32. The smallest absolute Gasteiger partial charge is 0.263 e. The van der Waals surface area contributed by atoms with Gasteiger partial charge in [0.2, 0.25) is 0 Å². The van der Waals surface area contributed by atoms with E-state index in [0.29, 0.717) is 4.88 Å². The number of carbonyl (C=O) groups excluding carboxylic acids is 1. The molecule has 2 aromatic rings. The van der Waals surface area contributed by atoms with Crippen LogP contribution in [0, 0.1) is 13.8 Å². The van der Waals surface area contributed by atoms with Crippen LogP contribution in [0.15, 0.2) is 30.3 Å². The van der Waals surface area contributed by atoms with Crippen LogP contribution in [0.1, 0.15) is 39.6 Å². The lowest BCUT2D eigenvalue weighted by Crippen LogP contribution is -2.52. The number of rotatable bonds is 4. The highest BCUT2D eigenvalue weighted by Gasteiger charge is 2.34. The largest absolute Gasteiger partial charge is 0.488 e. The molecular formula is C18H22N2O3S. The van der Waals surface area contributed by atoms with Crippen LogP contribution in [0.25, 0.3) is 0 Å². The number of carbonyl (C=O) groups is 1. The van der Waals surface area contributed by atoms with E-state index in [2.05, 4.69) is 10.3 Å². The number of hydrogen-bond acceptors (Lipinski definition) is 5. The first-order valence-electron chi connectivity index (χ1n) is 8.19. The second-order valence-electron chi connectivity index (χ2n) is 6.12. The molecule has 1 aromatic carbocycles. The average molecular weight is 346 g/mol. The summed E-state index contributed by atoms with van der Waals surface area (Å²) in [6.07, 6.45) is 1.40. The van der Waals surface area contributed by atoms with Gasteiger partial charge < -0.3 is 15.2 Å². The first-order chi connectivity index (χ1) is 11.5. The highest BCUT2D eigenvalue weighted by molar-refractivity contribution is 7.13. The van der Waals surface area contributed by atoms with Crippen LogP contribution in [-0.4, -0.2) is 34.2 Å². The first kappa shape index (κ1) is 16.9. The highest BCUT2D eigenvalue weighted by atomic mass is 32.1. The van der Waals surface area contributed by atoms with Gasteiger partial charge in [0.15, 0.2) is 0 Å². The fraction of sp³-hybridized carbons (Fsp3) is 0.444. The number of nitrogens with zero attached hydrogens (tertiary/aromatic N) is 1. The number of aliphatic hydroxyl groups is 1. The molecule has 0 spiro atoms. The molecule has 0 unspecified atom stereocenters. The van der Waals surface area contributed by atoms with Crippen LogP contribution in [0.4, 0.5) is 0 Å². The molecule has 2 N–H and O–H groups in total. The number of hydrogen-bond donors (Lipinski definition) is 2. The Balaban J connectivity index is 1.65. The van der Waals surface area contributed by atoms with E-state index in [0.717, 1.165) is 35.7 Å². The van der Waals surface area contributed by atoms with Crippen molar-refractivity contribution in [1.29, 1.82) is 0 Å². The van der Waals surface area contributed by atoms with Crippen molar-refractivity contribution in [2.24, 2.45) is 0 Å². The summed E-state index contributed by atoms with van der Waals surface area (Å²) < 4.78 is 5.90. The van der Waals surface area contributed by atoms with E-state index in [-0.39, 0.29) is 18.1 Å². The van der Waals surface area contributed by atoms with E-state index in [1.165, 1.54) is 11.3 Å². The topological polar surface area (TPSA) is 71.5 Å². The maximum atomic E-state index is 12.5. The zero-order chi connectivity index (χ0) is 17.1. The Morgan fingerprint density at radius 1 is 1.29 bits per heavy atom. The van der Waals surface area contributed by atoms with Gasteiger partial charge >= 0.3 is 0 Å². The van der Waals surface area contributed by atoms with Crippen molar-refractivity contribution in [3.8, 4) is 5.75 Å². The maximum absolute atomic E-state index is 12.5. The predicted octanol–water partition coefficient (Wildman–Crippen LogP) is 2.85. The van der Waals surface area contributed by atoms with Crippen LogP contribution in [0.3, 0.4) is 0 Å². The quantitative estimate of drug-likeness (QED) is 0.893. The number of para-hydroxylation sites is 1. The lowest BCUT2D eigenvalue weighted by molar-refractivity contribution is -0.0140. The third kappa shape index (κ3) is 3.76. The number of benzene rings is 1. The highest BCUT2D eigenvalue weighted by Crippen LogP contribution is 2.25. The maximum Gasteiger partial charge on any atom is 0.263 e. The Morgan fingerprint density at radius 3 is 2.71 bits per heavy atom. The Labute approximate surface area is 145 Å². The summed E-state index contributed by atoms with van der Waals surface area (Å²) in [7, 11) is 0. The molecule has 1 aliphatic carbocycles. The fourth-order valence-electron chi connectivity index (χ4n) is 3.08. The van der Waals surface area contributed by atoms with Crippen LogP contribution in [-0.2, 0) is 0 Å². The van der Waals surface area contributed by atoms with Crippen molar-refractivity contribution < 1.29 is 14.6 Å². The number of nitrogens with one attached hydrogen (secondary N) is 1. The van der Waals surface area contributed by atoms with Gasteiger partial charge in [0, 0.05) is 0 Å². The van der Waals surface area contributed by atoms with E-state index < -0.39 is 6.10 Å². The van der Waals surface area contributed by atoms with Crippen molar-refractivity contribution in [2.75, 3.05) is 0 Å². The molecule has 6 heteroatoms. The van der Waals surface area contributed by atoms with Crippen LogP contribution < -0.4 is 10.1 Å². The van der Waals surface area contributed by atoms with E-state index >= 15 is 0 Å². The minimum absolute atomic E-state index is 0.164. The van der Waals surface area contributed by atoms with Gasteiger partial charge in [-0.25, -0.2) is 4.98 Å². The zero-order valence-electron chi connectivity index (χ0n) is 13.9. The number of aryl methyl sites for hydroxylation is 2. The molecule has 0 bridgehead atoms. The second kappa shape index (κ2) is 7.32. The van der Waals surface area contributed by atoms with Crippen molar-refractivity contribution in [1.82, 2.24) is 10.3 Å². The molecule has 1 fully saturated rings. The standard InChI is InChI=1S/C18H22N2O3S/c1-11-17(24-12(2)19-11)18(22)20-14-9-6-10-15(16(14)21)23-13-7-4-3-5-8-13/h3-5,7-8,14-16,21H,6,9-10H2,1-2H3,(H,20,22)/t14-,15-,16-/m1/s1. The SMILES string of the molecule is Cc1nc(C)c(C(=O)N[C@@H]2CCC[C@@H](Oc3ccccc3)[C@@H]2O)s1. The van der Waals surface area contributed by atoms with Gasteiger partial charge in [0.1, 0.15) is 22.8 Å². The molecule has 0 radical (unpaired) electrons. The van der Waals surface area contributed by atoms with Crippen molar-refractivity contribution >= 4 is 17.2 Å². The molecule has 0 saturated heterocycles. The Kier molecular flexibility index (Phi) is 5.16. The molecule has 0 aliphatic heterocycles. The van der Waals surface area contributed by atoms with Gasteiger partial charge in [-0.1, -0.05) is 18.2 Å². The summed E-state index contributed by atoms with van der Waals surface area (Å²) in [6, 6.07) is 9.17. The lowest BCUT2D eigenvalue weighted by Gasteiger charge is -2.35. The number of aromatic nitrogens is 1. The third-order valence-corrected chi connectivity index (χ3v) is 5.33. The van der Waals surface area contributed by atoms with E-state index in [9.17, 15) is 9.90 Å². The molecular weight excluding hydrogens is 324 g/mol. The fourth-order valence-corrected chi connectivity index (χ4v) is 3.90. The molecule has 1 saturated carbocycles. The number of thiazole rings is 1. The molecule has 1 amide bonds. The summed E-state index contributed by atoms with van der Waals surface area (Å²) >= 11 is 1.38. The molecule has 3 rings (SSSR count). The summed E-state index contributed by atoms with van der Waals surface area (Å²) in [5.74, 6) is 0.574. The van der Waals surface area contributed by atoms with E-state index in [1.807, 2.05) is 44.2 Å². The summed E-state index contributed by atoms with van der Waals surface area (Å²) in [4.78, 5) is 17.4. The molecule has 24 heavy (non-hydrogen) atoms. The Morgan fingerprint density at radius 2 is 2.04 bits per heavy atom. The third-order valence-electron chi connectivity index (χ3n) is 4.25. The number of amides is 1. The monoisotopic (exact) mass is 346 g/mol. The Hall–Kier alpha value is -1.92. The Bertz CT molecular complexity index is 702. The van der Waals surface area contributed by atoms with E-state index in [4.69, 9.17) is 4.74 Å². The number of ether oxygens (including phenoxy) is 1. The van der Waals surface area contributed by atoms with Gasteiger partial charge in [-0.15, -0.1) is 11.3 Å². The molecule has 1 aliphatic rings. The molecule has 5 nitrogen and oxygen atoms in total. The van der Waals surface area contributed by atoms with Gasteiger partial charge in [-0.3, -0.25) is 4.79 Å². The van der Waals surface area contributed by atoms with Gasteiger partial charge in [0.05, 0.1) is 16.7 Å². The van der Waals surface area contributed by atoms with Crippen LogP contribution in [0.2, 0.25) is 0 Å². The normalized spacial score (nSPS) is 23.7. The molecule has 128 valence electrons. The summed E-state index contributed by atoms with van der Waals surface area (Å²) in [5.41, 5.74) is 0.734. The van der Waals surface area contributed by atoms with Crippen LogP contribution in [0.5, 0.6) is 5.75 Å². The van der Waals surface area contributed by atoms with Crippen molar-refractivity contribution in [2.45, 2.75) is 51.4 Å². The lowest BCUT2D eigenvalue weighted by atomic mass is 9.89. The molecule has 1 heterocycles. The molecule has 1 aromatic heterocycles. The predicted molar refractivity (Wildman–Crippen MR) is 93.6 cm³/mol. The van der Waals surface area contributed by atoms with E-state index in [1.54, 1.807) is 0 Å². The average Bonchev–Trinajstić information content (AvgIpc) is 2.91. The van der Waals surface area contributed by atoms with Gasteiger partial charge in [0.25, 0.3) is 5.91 Å². The molecule has 3 atom stereocenters. The minimum atomic E-state index is -0.725. The van der Waals surface area contributed by atoms with Crippen molar-refractivity contribution in [3.63, 3.8) is 0 Å². The minimum Gasteiger partial charge on any atom is -0.488 e. The number of aliphatic hydroxyl groups excluding tert-OH is 1. The van der Waals surface area contributed by atoms with Crippen molar-refractivity contribution in [3.05, 3.63) is 45.9 Å². The summed E-state index contributed by atoms with van der Waals surface area (Å²) in [5, 5.41) is 14.4. The van der Waals surface area contributed by atoms with Crippen LogP contribution >= 0.6 is 11.3 Å². The zero-order valence-corrected chi connectivity index (χ0v) is 14.7.